The number of aromatic nitrogens is 2. The van der Waals surface area contributed by atoms with Crippen LogP contribution in [0.25, 0.3) is 0 Å². The first kappa shape index (κ1) is 29.2. The van der Waals surface area contributed by atoms with Gasteiger partial charge in [0.15, 0.2) is 11.6 Å². The Morgan fingerprint density at radius 3 is 2.46 bits per heavy atom. The van der Waals surface area contributed by atoms with Crippen molar-refractivity contribution in [3.63, 3.8) is 0 Å². The molecule has 13 heteroatoms. The molecule has 2 fully saturated rings. The van der Waals surface area contributed by atoms with E-state index in [9.17, 15) is 27.9 Å². The van der Waals surface area contributed by atoms with Crippen LogP contribution in [0.2, 0.25) is 5.02 Å². The molecule has 1 aromatic carbocycles. The maximum atomic E-state index is 14.8. The Balaban J connectivity index is 1.65. The van der Waals surface area contributed by atoms with E-state index in [4.69, 9.17) is 16.3 Å². The van der Waals surface area contributed by atoms with Crippen LogP contribution in [0.1, 0.15) is 51.1 Å². The second-order valence-electron chi connectivity index (χ2n) is 10.4. The molecule has 0 saturated carbocycles. The molecule has 0 bridgehead atoms. The van der Waals surface area contributed by atoms with Crippen LogP contribution in [-0.4, -0.2) is 71.1 Å². The van der Waals surface area contributed by atoms with Crippen molar-refractivity contribution in [2.24, 2.45) is 5.41 Å². The van der Waals surface area contributed by atoms with Gasteiger partial charge in [-0.25, -0.2) is 4.39 Å². The Bertz CT molecular complexity index is 1190. The first-order valence-electron chi connectivity index (χ1n) is 12.8. The number of ether oxygens (including phenoxy) is 2. The van der Waals surface area contributed by atoms with E-state index in [1.807, 2.05) is 4.90 Å². The monoisotopic (exact) mass is 572 g/mol. The van der Waals surface area contributed by atoms with Crippen molar-refractivity contribution in [1.82, 2.24) is 14.7 Å². The summed E-state index contributed by atoms with van der Waals surface area (Å²) in [7, 11) is 0. The van der Waals surface area contributed by atoms with E-state index >= 15 is 0 Å². The van der Waals surface area contributed by atoms with Gasteiger partial charge in [-0.15, -0.1) is 0 Å². The minimum Gasteiger partial charge on any atom is -0.481 e. The zero-order valence-electron chi connectivity index (χ0n) is 21.8. The number of piperidine rings is 1. The average molecular weight is 573 g/mol. The molecule has 0 atom stereocenters. The van der Waals surface area contributed by atoms with Gasteiger partial charge >= 0.3 is 12.6 Å². The van der Waals surface area contributed by atoms with E-state index < -0.39 is 35.3 Å². The third-order valence-electron chi connectivity index (χ3n) is 7.66. The van der Waals surface area contributed by atoms with Gasteiger partial charge in [-0.05, 0) is 43.7 Å². The molecule has 39 heavy (non-hydrogen) atoms. The molecule has 3 heterocycles. The minimum atomic E-state index is -3.14. The fourth-order valence-electron chi connectivity index (χ4n) is 5.48. The summed E-state index contributed by atoms with van der Waals surface area (Å²) in [4.78, 5) is 28.1. The standard InChI is InChI=1S/C26H32ClF3N4O5/c1-16(2)21-18(28)14-31-34(21)26(22(35)32-19-4-3-17(27)13-20(19)39-24(29)30)5-9-33(10-6-26)15-25(23(36)37)7-11-38-12-8-25/h3-4,13-14,16,24H,5-12,15H2,1-2H3,(H,32,35)(H,36,37). The van der Waals surface area contributed by atoms with E-state index in [0.29, 0.717) is 39.1 Å². The van der Waals surface area contributed by atoms with Crippen molar-refractivity contribution in [3.8, 4) is 5.75 Å². The number of benzene rings is 1. The Hall–Kier alpha value is -2.83. The van der Waals surface area contributed by atoms with Gasteiger partial charge in [0.25, 0.3) is 5.91 Å². The Morgan fingerprint density at radius 1 is 1.21 bits per heavy atom. The molecule has 0 radical (unpaired) electrons. The van der Waals surface area contributed by atoms with E-state index in [1.165, 1.54) is 22.9 Å². The van der Waals surface area contributed by atoms with Crippen molar-refractivity contribution in [3.05, 3.63) is 40.9 Å². The lowest BCUT2D eigenvalue weighted by Crippen LogP contribution is -2.56. The van der Waals surface area contributed by atoms with Crippen LogP contribution in [0, 0.1) is 11.2 Å². The zero-order chi connectivity index (χ0) is 28.4. The molecule has 2 N–H and O–H groups in total. The topological polar surface area (TPSA) is 106 Å². The fourth-order valence-corrected chi connectivity index (χ4v) is 5.64. The summed E-state index contributed by atoms with van der Waals surface area (Å²) in [6, 6.07) is 3.96. The highest BCUT2D eigenvalue weighted by atomic mass is 35.5. The molecule has 0 unspecified atom stereocenters. The summed E-state index contributed by atoms with van der Waals surface area (Å²) in [6.07, 6.45) is 2.20. The highest BCUT2D eigenvalue weighted by Gasteiger charge is 2.48. The van der Waals surface area contributed by atoms with Crippen molar-refractivity contribution in [2.75, 3.05) is 38.2 Å². The van der Waals surface area contributed by atoms with Crippen LogP contribution in [0.3, 0.4) is 0 Å². The van der Waals surface area contributed by atoms with Gasteiger partial charge in [-0.3, -0.25) is 14.3 Å². The number of rotatable bonds is 9. The first-order valence-corrected chi connectivity index (χ1v) is 13.2. The van der Waals surface area contributed by atoms with Crippen LogP contribution in [0.5, 0.6) is 5.75 Å². The summed E-state index contributed by atoms with van der Waals surface area (Å²) in [5.74, 6) is -2.63. The summed E-state index contributed by atoms with van der Waals surface area (Å²) in [5.41, 5.74) is -2.09. The number of amides is 1. The molecular formula is C26H32ClF3N4O5. The number of aliphatic carboxylic acids is 1. The number of alkyl halides is 2. The number of likely N-dealkylation sites (tertiary alicyclic amines) is 1. The molecule has 214 valence electrons. The number of halogens is 4. The number of nitrogens with zero attached hydrogens (tertiary/aromatic N) is 3. The number of hydrogen-bond donors (Lipinski definition) is 2. The lowest BCUT2D eigenvalue weighted by molar-refractivity contribution is -0.157. The number of hydrogen-bond acceptors (Lipinski definition) is 6. The van der Waals surface area contributed by atoms with Crippen LogP contribution in [0.4, 0.5) is 18.9 Å². The summed E-state index contributed by atoms with van der Waals surface area (Å²) >= 11 is 5.95. The summed E-state index contributed by atoms with van der Waals surface area (Å²) in [6.45, 7) is 2.11. The van der Waals surface area contributed by atoms with Crippen molar-refractivity contribution in [1.29, 1.82) is 0 Å². The molecule has 9 nitrogen and oxygen atoms in total. The highest BCUT2D eigenvalue weighted by Crippen LogP contribution is 2.39. The van der Waals surface area contributed by atoms with E-state index in [1.54, 1.807) is 13.8 Å². The van der Waals surface area contributed by atoms with Crippen LogP contribution < -0.4 is 10.1 Å². The predicted molar refractivity (Wildman–Crippen MR) is 137 cm³/mol. The molecule has 2 aliphatic heterocycles. The molecule has 1 aromatic heterocycles. The smallest absolute Gasteiger partial charge is 0.387 e. The molecule has 2 saturated heterocycles. The van der Waals surface area contributed by atoms with Crippen molar-refractivity contribution < 1.29 is 37.3 Å². The van der Waals surface area contributed by atoms with Crippen LogP contribution >= 0.6 is 11.6 Å². The van der Waals surface area contributed by atoms with Gasteiger partial charge in [0.1, 0.15) is 5.54 Å². The number of carboxylic acid groups (broad SMARTS) is 1. The number of nitrogens with one attached hydrogen (secondary N) is 1. The third-order valence-corrected chi connectivity index (χ3v) is 7.89. The highest BCUT2D eigenvalue weighted by molar-refractivity contribution is 6.30. The summed E-state index contributed by atoms with van der Waals surface area (Å²) < 4.78 is 52.3. The largest absolute Gasteiger partial charge is 0.481 e. The fraction of sp³-hybridized carbons (Fsp3) is 0.577. The Kier molecular flexibility index (Phi) is 8.77. The number of carboxylic acids is 1. The van der Waals surface area contributed by atoms with Crippen LogP contribution in [0.15, 0.2) is 24.4 Å². The Morgan fingerprint density at radius 2 is 1.87 bits per heavy atom. The molecule has 4 rings (SSSR count). The van der Waals surface area contributed by atoms with Crippen LogP contribution in [-0.2, 0) is 19.9 Å². The average Bonchev–Trinajstić information content (AvgIpc) is 3.28. The second-order valence-corrected chi connectivity index (χ2v) is 10.9. The Labute approximate surface area is 229 Å². The van der Waals surface area contributed by atoms with E-state index in [2.05, 4.69) is 15.2 Å². The molecular weight excluding hydrogens is 541 g/mol. The lowest BCUT2D eigenvalue weighted by Gasteiger charge is -2.44. The molecule has 0 spiro atoms. The maximum absolute atomic E-state index is 14.8. The first-order chi connectivity index (χ1) is 18.5. The van der Waals surface area contributed by atoms with Gasteiger partial charge in [0.05, 0.1) is 23.0 Å². The predicted octanol–water partition coefficient (Wildman–Crippen LogP) is 4.71. The normalized spacial score (nSPS) is 19.3. The van der Waals surface area contributed by atoms with E-state index in [0.717, 1.165) is 6.20 Å². The van der Waals surface area contributed by atoms with Gasteiger partial charge < -0.3 is 24.8 Å². The SMILES string of the molecule is CC(C)c1c(F)cnn1C1(C(=O)Nc2ccc(Cl)cc2OC(F)F)CCN(CC2(C(=O)O)CCOCC2)CC1. The molecule has 1 amide bonds. The van der Waals surface area contributed by atoms with Crippen molar-refractivity contribution in [2.45, 2.75) is 57.6 Å². The van der Waals surface area contributed by atoms with Gasteiger partial charge in [0, 0.05) is 43.9 Å². The quantitative estimate of drug-likeness (QED) is 0.448. The third kappa shape index (κ3) is 6.02. The van der Waals surface area contributed by atoms with E-state index in [-0.39, 0.29) is 47.5 Å². The zero-order valence-corrected chi connectivity index (χ0v) is 22.5. The molecule has 2 aliphatic rings. The molecule has 0 aliphatic carbocycles. The van der Waals surface area contributed by atoms with Gasteiger partial charge in [-0.1, -0.05) is 25.4 Å². The maximum Gasteiger partial charge on any atom is 0.387 e. The molecule has 2 aromatic rings. The van der Waals surface area contributed by atoms with Gasteiger partial charge in [-0.2, -0.15) is 13.9 Å². The van der Waals surface area contributed by atoms with Crippen molar-refractivity contribution >= 4 is 29.2 Å². The lowest BCUT2D eigenvalue weighted by atomic mass is 9.78. The van der Waals surface area contributed by atoms with Gasteiger partial charge in [0.2, 0.25) is 0 Å². The number of carbonyl (C=O) groups excluding carboxylic acids is 1. The summed E-state index contributed by atoms with van der Waals surface area (Å²) in [5, 5.41) is 17.0. The number of anilines is 1. The minimum absolute atomic E-state index is 0.0164. The second kappa shape index (κ2) is 11.7. The number of carbonyl (C=O) groups is 2.